The van der Waals surface area contributed by atoms with Gasteiger partial charge in [-0.15, -0.1) is 0 Å². The van der Waals surface area contributed by atoms with Crippen molar-refractivity contribution in [3.8, 4) is 0 Å². The first-order valence-corrected chi connectivity index (χ1v) is 11.7. The molecule has 0 unspecified atom stereocenters. The molecule has 186 valence electrons. The fourth-order valence-corrected chi connectivity index (χ4v) is 4.54. The highest BCUT2D eigenvalue weighted by Crippen LogP contribution is 2.24. The smallest absolute Gasteiger partial charge is 0.373 e. The van der Waals surface area contributed by atoms with Crippen molar-refractivity contribution in [1.82, 2.24) is 5.32 Å². The minimum absolute atomic E-state index is 0.0292. The van der Waals surface area contributed by atoms with Crippen molar-refractivity contribution in [2.75, 3.05) is 12.4 Å². The predicted molar refractivity (Wildman–Crippen MR) is 126 cm³/mol. The number of carbonyl (C=O) groups excluding carboxylic acids is 3. The van der Waals surface area contributed by atoms with E-state index in [2.05, 4.69) is 15.5 Å². The van der Waals surface area contributed by atoms with E-state index in [1.165, 1.54) is 43.4 Å². The Morgan fingerprint density at radius 2 is 1.28 bits per heavy atom. The Morgan fingerprint density at radius 1 is 0.778 bits per heavy atom. The molecule has 0 heterocycles. The van der Waals surface area contributed by atoms with Crippen molar-refractivity contribution in [1.29, 1.82) is 0 Å². The molecule has 11 nitrogen and oxygen atoms in total. The summed E-state index contributed by atoms with van der Waals surface area (Å²) in [5.74, 6) is -4.77. The summed E-state index contributed by atoms with van der Waals surface area (Å²) in [6, 6.07) is 13.0. The highest BCUT2D eigenvalue weighted by atomic mass is 32.2. The van der Waals surface area contributed by atoms with Crippen LogP contribution in [0.5, 0.6) is 0 Å². The summed E-state index contributed by atoms with van der Waals surface area (Å²) < 4.78 is 25.6. The Balaban J connectivity index is 1.96. The van der Waals surface area contributed by atoms with Crippen LogP contribution < -0.4 is 10.6 Å². The second kappa shape index (κ2) is 10.4. The topological polar surface area (TPSA) is 176 Å². The number of amides is 2. The molecule has 0 saturated carbocycles. The lowest BCUT2D eigenvalue weighted by atomic mass is 9.97. The lowest BCUT2D eigenvalue weighted by molar-refractivity contribution is -0.182. The van der Waals surface area contributed by atoms with Crippen LogP contribution in [0.25, 0.3) is 0 Å². The average molecular weight is 512 g/mol. The molecule has 0 fully saturated rings. The number of benzene rings is 3. The molecule has 0 aliphatic heterocycles. The van der Waals surface area contributed by atoms with Crippen LogP contribution in [-0.4, -0.2) is 49.6 Å². The molecule has 36 heavy (non-hydrogen) atoms. The van der Waals surface area contributed by atoms with E-state index in [1.807, 2.05) is 6.92 Å². The molecule has 0 spiro atoms. The Morgan fingerprint density at radius 3 is 1.78 bits per heavy atom. The van der Waals surface area contributed by atoms with Gasteiger partial charge in [0, 0.05) is 12.7 Å². The van der Waals surface area contributed by atoms with Crippen molar-refractivity contribution in [2.45, 2.75) is 16.7 Å². The van der Waals surface area contributed by atoms with Gasteiger partial charge in [-0.05, 0) is 55.5 Å². The molecule has 4 N–H and O–H groups in total. The summed E-state index contributed by atoms with van der Waals surface area (Å²) in [6.45, 7) is 1.82. The van der Waals surface area contributed by atoms with Gasteiger partial charge >= 0.3 is 11.9 Å². The van der Waals surface area contributed by atoms with Gasteiger partial charge in [-0.25, -0.2) is 18.0 Å². The Kier molecular flexibility index (Phi) is 7.51. The number of carboxylic acid groups (broad SMARTS) is 1. The zero-order chi connectivity index (χ0) is 26.6. The summed E-state index contributed by atoms with van der Waals surface area (Å²) in [7, 11) is -2.57. The van der Waals surface area contributed by atoms with Crippen LogP contribution in [0.4, 0.5) is 5.69 Å². The van der Waals surface area contributed by atoms with Gasteiger partial charge in [0.15, 0.2) is 0 Å². The molecule has 3 aromatic carbocycles. The van der Waals surface area contributed by atoms with Crippen LogP contribution in [0.15, 0.2) is 70.5 Å². The van der Waals surface area contributed by atoms with Crippen LogP contribution in [0.3, 0.4) is 0 Å². The number of anilines is 1. The Hall–Kier alpha value is -4.55. The highest BCUT2D eigenvalue weighted by molar-refractivity contribution is 7.91. The van der Waals surface area contributed by atoms with E-state index < -0.39 is 55.8 Å². The van der Waals surface area contributed by atoms with Crippen molar-refractivity contribution in [3.63, 3.8) is 0 Å². The van der Waals surface area contributed by atoms with Gasteiger partial charge < -0.3 is 15.7 Å². The quantitative estimate of drug-likeness (QED) is 0.274. The van der Waals surface area contributed by atoms with E-state index in [1.54, 1.807) is 12.1 Å². The number of sulfone groups is 1. The van der Waals surface area contributed by atoms with E-state index in [4.69, 9.17) is 5.26 Å². The molecule has 2 amide bonds. The average Bonchev–Trinajstić information content (AvgIpc) is 2.87. The fraction of sp³-hybridized carbons (Fsp3) is 0.0833. The molecule has 0 aliphatic rings. The number of hydrogen-bond acceptors (Lipinski definition) is 8. The molecule has 3 rings (SSSR count). The first kappa shape index (κ1) is 26.1. The monoisotopic (exact) mass is 512 g/mol. The Labute approximate surface area is 205 Å². The third kappa shape index (κ3) is 5.24. The maximum Gasteiger partial charge on any atom is 0.373 e. The van der Waals surface area contributed by atoms with Crippen LogP contribution in [0, 0.1) is 6.92 Å². The number of aryl methyl sites for hydroxylation is 1. The molecule has 0 atom stereocenters. The van der Waals surface area contributed by atoms with E-state index >= 15 is 0 Å². The van der Waals surface area contributed by atoms with Gasteiger partial charge in [-0.1, -0.05) is 17.7 Å². The summed E-state index contributed by atoms with van der Waals surface area (Å²) in [5.41, 5.74) is -1.07. The second-order valence-electron chi connectivity index (χ2n) is 7.50. The standard InChI is InChI=1S/C24H20N2O9S/c1-13-3-7-15(8-4-13)36(33,34)16-9-5-14(6-10-16)26-22(28)17-12-20(24(31)35-32)18(21(27)25-2)11-19(17)23(29)30/h3-12,32H,1-2H3,(H,25,27)(H,26,28)(H,29,30). The third-order valence-electron chi connectivity index (χ3n) is 5.16. The minimum Gasteiger partial charge on any atom is -0.478 e. The van der Waals surface area contributed by atoms with Gasteiger partial charge in [0.2, 0.25) is 9.84 Å². The van der Waals surface area contributed by atoms with Crippen molar-refractivity contribution in [3.05, 3.63) is 88.5 Å². The van der Waals surface area contributed by atoms with Crippen LogP contribution >= 0.6 is 0 Å². The number of hydrogen-bond donors (Lipinski definition) is 4. The molecule has 0 radical (unpaired) electrons. The molecular weight excluding hydrogens is 492 g/mol. The summed E-state index contributed by atoms with van der Waals surface area (Å²) in [6.07, 6.45) is 0. The molecule has 12 heteroatoms. The van der Waals surface area contributed by atoms with Crippen molar-refractivity contribution in [2.24, 2.45) is 0 Å². The maximum atomic E-state index is 12.9. The van der Waals surface area contributed by atoms with Gasteiger partial charge in [0.1, 0.15) is 0 Å². The molecule has 3 aromatic rings. The largest absolute Gasteiger partial charge is 0.478 e. The van der Waals surface area contributed by atoms with Gasteiger partial charge in [-0.3, -0.25) is 14.5 Å². The molecule has 0 saturated heterocycles. The molecule has 0 aliphatic carbocycles. The summed E-state index contributed by atoms with van der Waals surface area (Å²) >= 11 is 0. The SMILES string of the molecule is CNC(=O)c1cc(C(=O)O)c(C(=O)Nc2ccc(S(=O)(=O)c3ccc(C)cc3)cc2)cc1C(=O)OO. The van der Waals surface area contributed by atoms with E-state index in [0.29, 0.717) is 0 Å². The van der Waals surface area contributed by atoms with Gasteiger partial charge in [0.25, 0.3) is 11.8 Å². The number of aromatic carboxylic acids is 1. The maximum absolute atomic E-state index is 12.9. The third-order valence-corrected chi connectivity index (χ3v) is 6.95. The summed E-state index contributed by atoms with van der Waals surface area (Å²) in [4.78, 5) is 52.4. The van der Waals surface area contributed by atoms with Crippen LogP contribution in [0.1, 0.15) is 47.0 Å². The van der Waals surface area contributed by atoms with Gasteiger partial charge in [-0.2, -0.15) is 5.26 Å². The first-order valence-electron chi connectivity index (χ1n) is 10.2. The second-order valence-corrected chi connectivity index (χ2v) is 9.45. The molecular formula is C24H20N2O9S. The number of nitrogens with one attached hydrogen (secondary N) is 2. The fourth-order valence-electron chi connectivity index (χ4n) is 3.27. The lowest BCUT2D eigenvalue weighted by Gasteiger charge is -2.13. The van der Waals surface area contributed by atoms with E-state index in [-0.39, 0.29) is 15.5 Å². The molecule has 0 aromatic heterocycles. The normalized spacial score (nSPS) is 10.9. The first-order chi connectivity index (χ1) is 17.0. The minimum atomic E-state index is -3.81. The van der Waals surface area contributed by atoms with Gasteiger partial charge in [0.05, 0.1) is 32.0 Å². The van der Waals surface area contributed by atoms with Crippen molar-refractivity contribution < 1.29 is 42.8 Å². The van der Waals surface area contributed by atoms with Crippen molar-refractivity contribution >= 4 is 39.3 Å². The highest BCUT2D eigenvalue weighted by Gasteiger charge is 2.26. The zero-order valence-corrected chi connectivity index (χ0v) is 19.8. The molecule has 0 bridgehead atoms. The summed E-state index contributed by atoms with van der Waals surface area (Å²) in [5, 5.41) is 22.9. The zero-order valence-electron chi connectivity index (χ0n) is 18.9. The number of carbonyl (C=O) groups is 4. The lowest BCUT2D eigenvalue weighted by Crippen LogP contribution is -2.25. The van der Waals surface area contributed by atoms with Crippen LogP contribution in [0.2, 0.25) is 0 Å². The predicted octanol–water partition coefficient (Wildman–Crippen LogP) is 2.77. The van der Waals surface area contributed by atoms with E-state index in [0.717, 1.165) is 17.7 Å². The number of carboxylic acids is 1. The van der Waals surface area contributed by atoms with Crippen LogP contribution in [-0.2, 0) is 14.7 Å². The number of rotatable bonds is 7. The van der Waals surface area contributed by atoms with E-state index in [9.17, 15) is 32.7 Å². The Bertz CT molecular complexity index is 1460.